The predicted molar refractivity (Wildman–Crippen MR) is 59.3 cm³/mol. The first-order valence-corrected chi connectivity index (χ1v) is 5.03. The van der Waals surface area contributed by atoms with E-state index in [1.165, 1.54) is 6.92 Å². The Bertz CT molecular complexity index is 654. The summed E-state index contributed by atoms with van der Waals surface area (Å²) in [6.45, 7) is 1.34. The van der Waals surface area contributed by atoms with E-state index in [2.05, 4.69) is 0 Å². The van der Waals surface area contributed by atoms with E-state index >= 15 is 0 Å². The Kier molecular flexibility index (Phi) is 2.85. The van der Waals surface area contributed by atoms with Crippen LogP contribution in [-0.4, -0.2) is 16.7 Å². The van der Waals surface area contributed by atoms with Crippen LogP contribution in [0.2, 0.25) is 0 Å². The van der Waals surface area contributed by atoms with Gasteiger partial charge in [-0.15, -0.1) is 0 Å². The number of carbonyl (C=O) groups excluding carboxylic acids is 2. The molecule has 2 rings (SSSR count). The van der Waals surface area contributed by atoms with Gasteiger partial charge in [0.05, 0.1) is 10.6 Å². The zero-order valence-corrected chi connectivity index (χ0v) is 9.52. The summed E-state index contributed by atoms with van der Waals surface area (Å²) in [4.78, 5) is 33.1. The fraction of sp³-hybridized carbons (Fsp3) is 0.0909. The second-order valence-electron chi connectivity index (χ2n) is 3.82. The van der Waals surface area contributed by atoms with Crippen LogP contribution in [0.5, 0.6) is 0 Å². The van der Waals surface area contributed by atoms with E-state index in [1.807, 2.05) is 0 Å². The van der Waals surface area contributed by atoms with Gasteiger partial charge in [0.2, 0.25) is 5.82 Å². The van der Waals surface area contributed by atoms with Gasteiger partial charge in [-0.3, -0.25) is 19.7 Å². The third-order valence-corrected chi connectivity index (χ3v) is 2.55. The van der Waals surface area contributed by atoms with Crippen molar-refractivity contribution in [2.24, 2.45) is 0 Å². The average molecular weight is 268 g/mol. The zero-order chi connectivity index (χ0) is 14.3. The average Bonchev–Trinajstić information content (AvgIpc) is 2.54. The van der Waals surface area contributed by atoms with Crippen LogP contribution in [0.4, 0.5) is 20.2 Å². The molecule has 0 aliphatic carbocycles. The third kappa shape index (κ3) is 1.96. The Morgan fingerprint density at radius 1 is 1.21 bits per heavy atom. The number of halogens is 2. The molecule has 0 aromatic heterocycles. The number of carbonyl (C=O) groups is 2. The van der Waals surface area contributed by atoms with Gasteiger partial charge >= 0.3 is 5.69 Å². The summed E-state index contributed by atoms with van der Waals surface area (Å²) in [5.74, 6) is -4.24. The van der Waals surface area contributed by atoms with Crippen molar-refractivity contribution in [3.05, 3.63) is 45.5 Å². The predicted octanol–water partition coefficient (Wildman–Crippen LogP) is 1.69. The number of rotatable bonds is 2. The van der Waals surface area contributed by atoms with E-state index in [9.17, 15) is 28.5 Å². The zero-order valence-electron chi connectivity index (χ0n) is 9.52. The maximum atomic E-state index is 13.6. The molecule has 1 aliphatic heterocycles. The molecule has 0 saturated carbocycles. The lowest BCUT2D eigenvalue weighted by Crippen LogP contribution is -2.31. The van der Waals surface area contributed by atoms with E-state index in [-0.39, 0.29) is 11.6 Å². The lowest BCUT2D eigenvalue weighted by molar-refractivity contribution is -0.387. The van der Waals surface area contributed by atoms with Crippen LogP contribution in [0.15, 0.2) is 23.8 Å². The van der Waals surface area contributed by atoms with Gasteiger partial charge in [0.1, 0.15) is 0 Å². The van der Waals surface area contributed by atoms with Gasteiger partial charge in [-0.2, -0.15) is 4.39 Å². The lowest BCUT2D eigenvalue weighted by Gasteiger charge is -2.15. The minimum Gasteiger partial charge on any atom is -0.269 e. The topological polar surface area (TPSA) is 80.5 Å². The molecule has 0 atom stereocenters. The molecule has 1 aliphatic rings. The monoisotopic (exact) mass is 268 g/mol. The summed E-state index contributed by atoms with van der Waals surface area (Å²) in [5, 5.41) is 10.6. The summed E-state index contributed by atoms with van der Waals surface area (Å²) in [6.07, 6.45) is 0.969. The highest BCUT2D eigenvalue weighted by Gasteiger charge is 2.33. The molecule has 0 radical (unpaired) electrons. The van der Waals surface area contributed by atoms with Crippen LogP contribution >= 0.6 is 0 Å². The van der Waals surface area contributed by atoms with Crippen LogP contribution in [0.1, 0.15) is 6.92 Å². The van der Waals surface area contributed by atoms with Crippen molar-refractivity contribution in [3.8, 4) is 0 Å². The number of anilines is 1. The number of hydrogen-bond donors (Lipinski definition) is 0. The Morgan fingerprint density at radius 3 is 2.32 bits per heavy atom. The van der Waals surface area contributed by atoms with Crippen LogP contribution in [0, 0.1) is 21.7 Å². The van der Waals surface area contributed by atoms with Crippen molar-refractivity contribution in [1.82, 2.24) is 0 Å². The molecule has 19 heavy (non-hydrogen) atoms. The van der Waals surface area contributed by atoms with Gasteiger partial charge in [0, 0.05) is 23.8 Å². The van der Waals surface area contributed by atoms with Crippen molar-refractivity contribution in [1.29, 1.82) is 0 Å². The largest absolute Gasteiger partial charge is 0.307 e. The lowest BCUT2D eigenvalue weighted by atomic mass is 10.2. The van der Waals surface area contributed by atoms with E-state index < -0.39 is 39.7 Å². The Balaban J connectivity index is 2.58. The molecule has 2 amide bonds. The quantitative estimate of drug-likeness (QED) is 0.464. The molecule has 0 fully saturated rings. The van der Waals surface area contributed by atoms with E-state index in [4.69, 9.17) is 0 Å². The highest BCUT2D eigenvalue weighted by atomic mass is 19.1. The van der Waals surface area contributed by atoms with Crippen LogP contribution < -0.4 is 4.90 Å². The number of nitro benzene ring substituents is 1. The van der Waals surface area contributed by atoms with Crippen LogP contribution in [0.3, 0.4) is 0 Å². The third-order valence-electron chi connectivity index (χ3n) is 2.55. The summed E-state index contributed by atoms with van der Waals surface area (Å²) < 4.78 is 26.7. The number of imide groups is 1. The minimum absolute atomic E-state index is 0.0661. The number of hydrogen-bond acceptors (Lipinski definition) is 4. The molecule has 0 unspecified atom stereocenters. The van der Waals surface area contributed by atoms with Crippen LogP contribution in [-0.2, 0) is 9.59 Å². The molecular formula is C11H6F2N2O4. The highest BCUT2D eigenvalue weighted by Crippen LogP contribution is 2.30. The first-order chi connectivity index (χ1) is 8.82. The van der Waals surface area contributed by atoms with Gasteiger partial charge in [-0.1, -0.05) is 0 Å². The Labute approximate surface area is 105 Å². The van der Waals surface area contributed by atoms with Crippen molar-refractivity contribution >= 4 is 23.2 Å². The van der Waals surface area contributed by atoms with Crippen LogP contribution in [0.25, 0.3) is 0 Å². The number of nitro groups is 1. The number of amides is 2. The molecule has 0 spiro atoms. The highest BCUT2D eigenvalue weighted by molar-refractivity contribution is 6.30. The number of benzene rings is 1. The molecule has 0 N–H and O–H groups in total. The first-order valence-electron chi connectivity index (χ1n) is 5.03. The summed E-state index contributed by atoms with van der Waals surface area (Å²) in [5.41, 5.74) is -1.59. The molecule has 0 bridgehead atoms. The molecule has 6 nitrogen and oxygen atoms in total. The smallest absolute Gasteiger partial charge is 0.269 e. The summed E-state index contributed by atoms with van der Waals surface area (Å²) in [6, 6.07) is 0.786. The van der Waals surface area contributed by atoms with Crippen molar-refractivity contribution < 1.29 is 23.3 Å². The molecular weight excluding hydrogens is 262 g/mol. The normalized spacial score (nSPS) is 14.9. The Hall–Kier alpha value is -2.64. The Morgan fingerprint density at radius 2 is 1.84 bits per heavy atom. The van der Waals surface area contributed by atoms with Gasteiger partial charge in [0.25, 0.3) is 11.8 Å². The number of nitrogens with zero attached hydrogens (tertiary/aromatic N) is 2. The first kappa shape index (κ1) is 12.8. The molecule has 98 valence electrons. The standard InChI is InChI=1S/C11H6F2N2O4/c1-5-2-10(16)14(11(5)17)8-4-9(15(18)19)7(13)3-6(8)12/h2-4H,1H3. The maximum absolute atomic E-state index is 13.6. The molecule has 1 aromatic rings. The van der Waals surface area contributed by atoms with E-state index in [1.54, 1.807) is 0 Å². The summed E-state index contributed by atoms with van der Waals surface area (Å²) in [7, 11) is 0. The maximum Gasteiger partial charge on any atom is 0.307 e. The van der Waals surface area contributed by atoms with E-state index in [0.29, 0.717) is 11.0 Å². The van der Waals surface area contributed by atoms with Crippen molar-refractivity contribution in [2.45, 2.75) is 6.92 Å². The fourth-order valence-corrected chi connectivity index (χ4v) is 1.65. The van der Waals surface area contributed by atoms with Crippen molar-refractivity contribution in [3.63, 3.8) is 0 Å². The second-order valence-corrected chi connectivity index (χ2v) is 3.82. The van der Waals surface area contributed by atoms with Gasteiger partial charge in [-0.05, 0) is 6.92 Å². The SMILES string of the molecule is CC1=CC(=O)N(c2cc([N+](=O)[O-])c(F)cc2F)C1=O. The van der Waals surface area contributed by atoms with E-state index in [0.717, 1.165) is 6.08 Å². The second kappa shape index (κ2) is 4.23. The van der Waals surface area contributed by atoms with Gasteiger partial charge in [0.15, 0.2) is 5.82 Å². The molecule has 1 heterocycles. The van der Waals surface area contributed by atoms with Gasteiger partial charge in [-0.25, -0.2) is 9.29 Å². The fourth-order valence-electron chi connectivity index (χ4n) is 1.65. The molecule has 0 saturated heterocycles. The summed E-state index contributed by atoms with van der Waals surface area (Å²) >= 11 is 0. The molecule has 1 aromatic carbocycles. The van der Waals surface area contributed by atoms with Crippen molar-refractivity contribution in [2.75, 3.05) is 4.90 Å². The van der Waals surface area contributed by atoms with Gasteiger partial charge < -0.3 is 0 Å². The minimum atomic E-state index is -1.38. The molecule has 8 heteroatoms.